The van der Waals surface area contributed by atoms with Gasteiger partial charge in [0.15, 0.2) is 0 Å². The summed E-state index contributed by atoms with van der Waals surface area (Å²) < 4.78 is 38.4. The maximum Gasteiger partial charge on any atom is 0.0267 e. The number of benzene rings is 2. The molecule has 0 bridgehead atoms. The molecule has 2 aromatic carbocycles. The van der Waals surface area contributed by atoms with Gasteiger partial charge in [-0.2, -0.15) is 0 Å². The second-order valence-corrected chi connectivity index (χ2v) is 7.74. The van der Waals surface area contributed by atoms with Crippen LogP contribution in [0.4, 0.5) is 8.91 Å². The molecule has 0 aliphatic carbocycles. The van der Waals surface area contributed by atoms with Crippen LogP contribution in [0.1, 0.15) is 5.56 Å². The Hall–Kier alpha value is -2.92. The summed E-state index contributed by atoms with van der Waals surface area (Å²) in [6, 6.07) is 24.9. The van der Waals surface area contributed by atoms with Crippen LogP contribution in [0.25, 0.3) is 16.0 Å². The topological polar surface area (TPSA) is 74.0 Å². The molecule has 0 aliphatic rings. The van der Waals surface area contributed by atoms with Crippen molar-refractivity contribution in [1.29, 1.82) is 0 Å². The number of hydrogen-bond acceptors (Lipinski definition) is 4. The number of sulfonamides is 1. The molecule has 4 aromatic rings. The molecule has 0 saturated carbocycles. The first kappa shape index (κ1) is 24.4. The molecule has 0 amide bonds. The molecule has 0 atom stereocenters. The summed E-state index contributed by atoms with van der Waals surface area (Å²) in [5.74, 6) is 0. The Morgan fingerprint density at radius 1 is 0.774 bits per heavy atom. The summed E-state index contributed by atoms with van der Waals surface area (Å²) in [6.07, 6.45) is 5.17. The zero-order valence-electron chi connectivity index (χ0n) is 16.6. The van der Waals surface area contributed by atoms with E-state index in [2.05, 4.69) is 14.7 Å². The van der Waals surface area contributed by atoms with Gasteiger partial charge in [-0.3, -0.25) is 9.97 Å². The molecule has 4 rings (SSSR count). The summed E-state index contributed by atoms with van der Waals surface area (Å²) in [5.41, 5.74) is 2.75. The Bertz CT molecular complexity index is 1120. The van der Waals surface area contributed by atoms with Crippen LogP contribution in [0.5, 0.6) is 0 Å². The summed E-state index contributed by atoms with van der Waals surface area (Å²) in [6.45, 7) is 1.91. The molecule has 0 saturated heterocycles. The van der Waals surface area contributed by atoms with Crippen molar-refractivity contribution in [3.63, 3.8) is 0 Å². The minimum absolute atomic E-state index is 0.180. The van der Waals surface area contributed by atoms with Crippen molar-refractivity contribution < 1.29 is 31.4 Å². The Balaban J connectivity index is 0.000000363. The van der Waals surface area contributed by atoms with E-state index in [9.17, 15) is 11.6 Å². The predicted molar refractivity (Wildman–Crippen MR) is 116 cm³/mol. The Morgan fingerprint density at radius 3 is 1.94 bits per heavy atom. The summed E-state index contributed by atoms with van der Waals surface area (Å²) >= 11 is 1.25. The number of pyridine rings is 2. The van der Waals surface area contributed by atoms with Crippen molar-refractivity contribution in [3.8, 4) is 11.3 Å². The van der Waals surface area contributed by atoms with Gasteiger partial charge in [0.05, 0.1) is 10.6 Å². The van der Waals surface area contributed by atoms with E-state index in [1.54, 1.807) is 55.0 Å². The van der Waals surface area contributed by atoms with E-state index < -0.39 is 10.0 Å². The number of nitrogens with zero attached hydrogens (tertiary/aromatic N) is 3. The minimum Gasteiger partial charge on any atom is -0.265 e. The van der Waals surface area contributed by atoms with Gasteiger partial charge in [-0.05, 0) is 48.9 Å². The first-order valence-corrected chi connectivity index (χ1v) is 11.1. The van der Waals surface area contributed by atoms with Gasteiger partial charge in [0, 0.05) is 18.6 Å². The molecule has 162 valence electrons. The van der Waals surface area contributed by atoms with Crippen LogP contribution in [0.15, 0.2) is 108 Å². The van der Waals surface area contributed by atoms with Gasteiger partial charge < -0.3 is 4.72 Å². The Kier molecular flexibility index (Phi) is 9.98. The molecule has 5 nitrogen and oxygen atoms in total. The van der Waals surface area contributed by atoms with E-state index in [-0.39, 0.29) is 4.90 Å². The van der Waals surface area contributed by atoms with Crippen LogP contribution in [-0.2, 0) is 29.7 Å². The van der Waals surface area contributed by atoms with Gasteiger partial charge in [0.25, 0.3) is 0 Å². The van der Waals surface area contributed by atoms with Crippen molar-refractivity contribution in [2.75, 3.05) is 0 Å². The van der Waals surface area contributed by atoms with Crippen LogP contribution in [0.3, 0.4) is 0 Å². The number of aromatic nitrogens is 2. The van der Waals surface area contributed by atoms with Crippen molar-refractivity contribution in [3.05, 3.63) is 114 Å². The zero-order chi connectivity index (χ0) is 22.5. The first-order valence-electron chi connectivity index (χ1n) is 9.08. The van der Waals surface area contributed by atoms with E-state index in [1.807, 2.05) is 55.5 Å². The smallest absolute Gasteiger partial charge is 0.0267 e. The number of halogens is 1. The molecule has 2 heterocycles. The fourth-order valence-electron chi connectivity index (χ4n) is 2.50. The van der Waals surface area contributed by atoms with Gasteiger partial charge in [-0.25, -0.2) is 8.42 Å². The molecular formula is C23H20FN3O2PdS. The van der Waals surface area contributed by atoms with Gasteiger partial charge in [-0.1, -0.05) is 54.1 Å². The van der Waals surface area contributed by atoms with Crippen LogP contribution in [-0.4, -0.2) is 18.4 Å². The SMILES string of the molecule is Cc1ccc(S(=O)(=O)[N-]c2ccccc2-c2ccccn2)cc1.[F][Pd+].c1ccncc1. The Labute approximate surface area is 193 Å². The second kappa shape index (κ2) is 12.7. The molecule has 31 heavy (non-hydrogen) atoms. The molecule has 0 fully saturated rings. The van der Waals surface area contributed by atoms with Gasteiger partial charge in [0.2, 0.25) is 0 Å². The van der Waals surface area contributed by atoms with E-state index in [4.69, 9.17) is 0 Å². The molecular weight excluding hydrogens is 508 g/mol. The van der Waals surface area contributed by atoms with Crippen molar-refractivity contribution in [2.24, 2.45) is 0 Å². The van der Waals surface area contributed by atoms with E-state index in [0.717, 1.165) is 5.56 Å². The molecule has 0 spiro atoms. The summed E-state index contributed by atoms with van der Waals surface area (Å²) in [4.78, 5) is 8.23. The van der Waals surface area contributed by atoms with Gasteiger partial charge in [-0.15, -0.1) is 5.69 Å². The van der Waals surface area contributed by atoms with Crippen LogP contribution >= 0.6 is 0 Å². The van der Waals surface area contributed by atoms with Crippen molar-refractivity contribution in [2.45, 2.75) is 11.8 Å². The second-order valence-electron chi connectivity index (χ2n) is 6.14. The average Bonchev–Trinajstić information content (AvgIpc) is 2.83. The fraction of sp³-hybridized carbons (Fsp3) is 0.0435. The van der Waals surface area contributed by atoms with E-state index >= 15 is 0 Å². The minimum atomic E-state index is -3.76. The van der Waals surface area contributed by atoms with Crippen molar-refractivity contribution >= 4 is 15.7 Å². The van der Waals surface area contributed by atoms with E-state index in [0.29, 0.717) is 16.9 Å². The number of aryl methyl sites for hydroxylation is 1. The molecule has 0 unspecified atom stereocenters. The van der Waals surface area contributed by atoms with Crippen LogP contribution < -0.4 is 0 Å². The maximum absolute atomic E-state index is 12.5. The normalized spacial score (nSPS) is 10.1. The standard InChI is InChI=1S/C18H15N2O2S.C5H5N.FH.Pd/c1-14-9-11-15(12-10-14)23(21,22)20-18-8-3-2-6-16(18)17-7-4-5-13-19-17;1-2-4-6-5-3-1;;/h2-13H,1H3;1-5H;1H;/q-1;;;+2/p-1. The van der Waals surface area contributed by atoms with E-state index in [1.165, 1.54) is 19.7 Å². The molecule has 2 aromatic heterocycles. The predicted octanol–water partition coefficient (Wildman–Crippen LogP) is 5.95. The van der Waals surface area contributed by atoms with Gasteiger partial charge >= 0.3 is 22.9 Å². The molecule has 0 radical (unpaired) electrons. The zero-order valence-corrected chi connectivity index (χ0v) is 18.9. The molecule has 0 aliphatic heterocycles. The number of hydrogen-bond donors (Lipinski definition) is 0. The van der Waals surface area contributed by atoms with Gasteiger partial charge in [0.1, 0.15) is 10.0 Å². The van der Waals surface area contributed by atoms with Crippen LogP contribution in [0.2, 0.25) is 0 Å². The molecule has 0 N–H and O–H groups in total. The third kappa shape index (κ3) is 7.69. The summed E-state index contributed by atoms with van der Waals surface area (Å²) in [7, 11) is -3.76. The summed E-state index contributed by atoms with van der Waals surface area (Å²) in [5, 5.41) is 0. The maximum atomic E-state index is 12.5. The third-order valence-electron chi connectivity index (χ3n) is 3.95. The van der Waals surface area contributed by atoms with Crippen molar-refractivity contribution in [1.82, 2.24) is 9.97 Å². The monoisotopic (exact) mass is 527 g/mol. The third-order valence-corrected chi connectivity index (χ3v) is 5.25. The van der Waals surface area contributed by atoms with Crippen LogP contribution in [0, 0.1) is 6.92 Å². The molecule has 8 heteroatoms. The average molecular weight is 528 g/mol. The Morgan fingerprint density at radius 2 is 1.39 bits per heavy atom. The quantitative estimate of drug-likeness (QED) is 0.307. The largest absolute Gasteiger partial charge is 0.265 e. The number of rotatable bonds is 4. The first-order chi connectivity index (χ1) is 15.1. The fourth-order valence-corrected chi connectivity index (χ4v) is 3.50.